The second-order valence-electron chi connectivity index (χ2n) is 4.72. The molecule has 2 aliphatic rings. The standard InChI is InChI=1S/C11H22N2/c1-9-5-6-11(9)13-8-10-4-2-3-7-12-10/h9-13H,2-8H2,1H3/t9?,10-,11?/m1/s1. The molecule has 2 unspecified atom stereocenters. The van der Waals surface area contributed by atoms with Crippen LogP contribution in [0.3, 0.4) is 0 Å². The van der Waals surface area contributed by atoms with Gasteiger partial charge >= 0.3 is 0 Å². The van der Waals surface area contributed by atoms with Crippen molar-refractivity contribution in [2.75, 3.05) is 13.1 Å². The maximum Gasteiger partial charge on any atom is 0.0192 e. The van der Waals surface area contributed by atoms with E-state index >= 15 is 0 Å². The summed E-state index contributed by atoms with van der Waals surface area (Å²) < 4.78 is 0. The minimum Gasteiger partial charge on any atom is -0.313 e. The molecule has 1 aliphatic heterocycles. The summed E-state index contributed by atoms with van der Waals surface area (Å²) in [5, 5.41) is 7.25. The van der Waals surface area contributed by atoms with E-state index in [2.05, 4.69) is 17.6 Å². The fourth-order valence-electron chi connectivity index (χ4n) is 2.36. The van der Waals surface area contributed by atoms with Crippen LogP contribution < -0.4 is 10.6 Å². The lowest BCUT2D eigenvalue weighted by Crippen LogP contribution is -2.49. The molecule has 1 aliphatic carbocycles. The molecule has 1 heterocycles. The number of nitrogens with one attached hydrogen (secondary N) is 2. The number of piperidine rings is 1. The lowest BCUT2D eigenvalue weighted by atomic mass is 9.81. The normalized spacial score (nSPS) is 39.9. The highest BCUT2D eigenvalue weighted by Gasteiger charge is 2.26. The van der Waals surface area contributed by atoms with Crippen molar-refractivity contribution >= 4 is 0 Å². The Balaban J connectivity index is 1.61. The van der Waals surface area contributed by atoms with Gasteiger partial charge in [-0.05, 0) is 38.1 Å². The average molecular weight is 182 g/mol. The molecule has 2 rings (SSSR count). The summed E-state index contributed by atoms with van der Waals surface area (Å²) in [6.07, 6.45) is 6.98. The number of rotatable bonds is 3. The van der Waals surface area contributed by atoms with Crippen LogP contribution in [0.5, 0.6) is 0 Å². The Hall–Kier alpha value is -0.0800. The third-order valence-corrected chi connectivity index (χ3v) is 3.66. The van der Waals surface area contributed by atoms with E-state index in [0.29, 0.717) is 0 Å². The van der Waals surface area contributed by atoms with Gasteiger partial charge in [-0.1, -0.05) is 13.3 Å². The third kappa shape index (κ3) is 2.44. The Kier molecular flexibility index (Phi) is 3.23. The molecule has 0 aromatic heterocycles. The summed E-state index contributed by atoms with van der Waals surface area (Å²) >= 11 is 0. The topological polar surface area (TPSA) is 24.1 Å². The van der Waals surface area contributed by atoms with Gasteiger partial charge in [0.2, 0.25) is 0 Å². The minimum atomic E-state index is 0.751. The zero-order valence-electron chi connectivity index (χ0n) is 8.68. The first-order valence-electron chi connectivity index (χ1n) is 5.83. The summed E-state index contributed by atoms with van der Waals surface area (Å²) in [5.74, 6) is 0.920. The van der Waals surface area contributed by atoms with Crippen LogP contribution in [-0.4, -0.2) is 25.2 Å². The molecule has 2 fully saturated rings. The molecule has 0 aromatic rings. The van der Waals surface area contributed by atoms with Crippen LogP contribution in [0, 0.1) is 5.92 Å². The van der Waals surface area contributed by atoms with Crippen LogP contribution in [0.2, 0.25) is 0 Å². The maximum atomic E-state index is 3.68. The van der Waals surface area contributed by atoms with Crippen LogP contribution in [0.4, 0.5) is 0 Å². The molecule has 0 bridgehead atoms. The van der Waals surface area contributed by atoms with Crippen molar-refractivity contribution < 1.29 is 0 Å². The van der Waals surface area contributed by atoms with E-state index in [1.807, 2.05) is 0 Å². The predicted octanol–water partition coefficient (Wildman–Crippen LogP) is 1.52. The Bertz CT molecular complexity index is 152. The van der Waals surface area contributed by atoms with Gasteiger partial charge in [0.15, 0.2) is 0 Å². The molecular formula is C11H22N2. The summed E-state index contributed by atoms with van der Waals surface area (Å²) in [6.45, 7) is 4.77. The van der Waals surface area contributed by atoms with Crippen molar-refractivity contribution in [1.29, 1.82) is 0 Å². The highest BCUT2D eigenvalue weighted by Crippen LogP contribution is 2.26. The molecule has 2 N–H and O–H groups in total. The molecule has 0 spiro atoms. The molecule has 1 saturated heterocycles. The van der Waals surface area contributed by atoms with Gasteiger partial charge in [-0.25, -0.2) is 0 Å². The van der Waals surface area contributed by atoms with E-state index in [9.17, 15) is 0 Å². The molecule has 2 nitrogen and oxygen atoms in total. The molecule has 0 aromatic carbocycles. The smallest absolute Gasteiger partial charge is 0.0192 e. The highest BCUT2D eigenvalue weighted by molar-refractivity contribution is 4.85. The van der Waals surface area contributed by atoms with Gasteiger partial charge in [-0.2, -0.15) is 0 Å². The predicted molar refractivity (Wildman–Crippen MR) is 55.8 cm³/mol. The van der Waals surface area contributed by atoms with E-state index in [-0.39, 0.29) is 0 Å². The summed E-state index contributed by atoms with van der Waals surface area (Å²) in [4.78, 5) is 0. The van der Waals surface area contributed by atoms with Crippen molar-refractivity contribution in [3.05, 3.63) is 0 Å². The molecule has 0 amide bonds. The fraction of sp³-hybridized carbons (Fsp3) is 1.00. The molecule has 2 heteroatoms. The quantitative estimate of drug-likeness (QED) is 0.691. The van der Waals surface area contributed by atoms with E-state index in [4.69, 9.17) is 0 Å². The number of hydrogen-bond acceptors (Lipinski definition) is 2. The summed E-state index contributed by atoms with van der Waals surface area (Å²) in [7, 11) is 0. The summed E-state index contributed by atoms with van der Waals surface area (Å²) in [6, 6.07) is 1.57. The maximum absolute atomic E-state index is 3.68. The molecular weight excluding hydrogens is 160 g/mol. The van der Waals surface area contributed by atoms with Crippen molar-refractivity contribution in [2.24, 2.45) is 5.92 Å². The van der Waals surface area contributed by atoms with Gasteiger partial charge in [-0.15, -0.1) is 0 Å². The Morgan fingerprint density at radius 2 is 2.15 bits per heavy atom. The second kappa shape index (κ2) is 4.43. The number of hydrogen-bond donors (Lipinski definition) is 2. The molecule has 13 heavy (non-hydrogen) atoms. The van der Waals surface area contributed by atoms with Crippen LogP contribution in [0.15, 0.2) is 0 Å². The van der Waals surface area contributed by atoms with Gasteiger partial charge < -0.3 is 10.6 Å². The third-order valence-electron chi connectivity index (χ3n) is 3.66. The Morgan fingerprint density at radius 3 is 2.69 bits per heavy atom. The first-order chi connectivity index (χ1) is 6.36. The lowest BCUT2D eigenvalue weighted by molar-refractivity contribution is 0.218. The molecule has 76 valence electrons. The van der Waals surface area contributed by atoms with Gasteiger partial charge in [0, 0.05) is 18.6 Å². The van der Waals surface area contributed by atoms with Gasteiger partial charge in [0.25, 0.3) is 0 Å². The Morgan fingerprint density at radius 1 is 1.23 bits per heavy atom. The van der Waals surface area contributed by atoms with Crippen LogP contribution in [0.25, 0.3) is 0 Å². The SMILES string of the molecule is CC1CCC1NC[C@H]1CCCCN1. The highest BCUT2D eigenvalue weighted by atomic mass is 15.0. The van der Waals surface area contributed by atoms with Gasteiger partial charge in [0.05, 0.1) is 0 Å². The van der Waals surface area contributed by atoms with Crippen molar-refractivity contribution in [2.45, 2.75) is 51.1 Å². The van der Waals surface area contributed by atoms with Gasteiger partial charge in [0.1, 0.15) is 0 Å². The lowest BCUT2D eigenvalue weighted by Gasteiger charge is -2.36. The van der Waals surface area contributed by atoms with E-state index < -0.39 is 0 Å². The first kappa shape index (κ1) is 9.47. The zero-order valence-corrected chi connectivity index (χ0v) is 8.68. The van der Waals surface area contributed by atoms with Gasteiger partial charge in [-0.3, -0.25) is 0 Å². The molecule has 3 atom stereocenters. The van der Waals surface area contributed by atoms with Crippen molar-refractivity contribution in [1.82, 2.24) is 10.6 Å². The monoisotopic (exact) mass is 182 g/mol. The minimum absolute atomic E-state index is 0.751. The zero-order chi connectivity index (χ0) is 9.10. The van der Waals surface area contributed by atoms with Crippen LogP contribution in [0.1, 0.15) is 39.0 Å². The van der Waals surface area contributed by atoms with Crippen LogP contribution in [-0.2, 0) is 0 Å². The Labute approximate surface area is 81.5 Å². The largest absolute Gasteiger partial charge is 0.313 e. The van der Waals surface area contributed by atoms with Crippen molar-refractivity contribution in [3.8, 4) is 0 Å². The van der Waals surface area contributed by atoms with E-state index in [1.54, 1.807) is 0 Å². The van der Waals surface area contributed by atoms with Crippen LogP contribution >= 0.6 is 0 Å². The average Bonchev–Trinajstić information content (AvgIpc) is 2.17. The van der Waals surface area contributed by atoms with E-state index in [0.717, 1.165) is 18.0 Å². The second-order valence-corrected chi connectivity index (χ2v) is 4.72. The first-order valence-corrected chi connectivity index (χ1v) is 5.83. The summed E-state index contributed by atoms with van der Waals surface area (Å²) in [5.41, 5.74) is 0. The van der Waals surface area contributed by atoms with Crippen molar-refractivity contribution in [3.63, 3.8) is 0 Å². The molecule has 1 saturated carbocycles. The molecule has 0 radical (unpaired) electrons. The fourth-order valence-corrected chi connectivity index (χ4v) is 2.36. The van der Waals surface area contributed by atoms with E-state index in [1.165, 1.54) is 45.2 Å².